The number of hydrogen-bond donors (Lipinski definition) is 0. The Balaban J connectivity index is 2.78. The number of carbonyl (C=O) groups is 1. The van der Waals surface area contributed by atoms with Gasteiger partial charge in [-0.25, -0.2) is 4.99 Å². The van der Waals surface area contributed by atoms with E-state index in [0.717, 1.165) is 10.0 Å². The van der Waals surface area contributed by atoms with E-state index in [1.165, 1.54) is 7.11 Å². The lowest BCUT2D eigenvalue weighted by Gasteiger charge is -2.08. The van der Waals surface area contributed by atoms with E-state index in [4.69, 9.17) is 16.3 Å². The second-order valence-corrected chi connectivity index (χ2v) is 4.35. The first-order valence-corrected chi connectivity index (χ1v) is 5.39. The fourth-order valence-corrected chi connectivity index (χ4v) is 2.09. The lowest BCUT2D eigenvalue weighted by atomic mass is 10.0. The van der Waals surface area contributed by atoms with Crippen molar-refractivity contribution in [1.29, 1.82) is 0 Å². The van der Waals surface area contributed by atoms with Crippen molar-refractivity contribution in [2.45, 2.75) is 6.92 Å². The summed E-state index contributed by atoms with van der Waals surface area (Å²) in [5, 5.41) is -0.00972. The van der Waals surface area contributed by atoms with E-state index in [1.54, 1.807) is 6.07 Å². The van der Waals surface area contributed by atoms with Crippen LogP contribution in [0.1, 0.15) is 15.9 Å². The molecule has 5 heteroatoms. The van der Waals surface area contributed by atoms with E-state index < -0.39 is 0 Å². The molecule has 15 heavy (non-hydrogen) atoms. The highest BCUT2D eigenvalue weighted by molar-refractivity contribution is 9.10. The number of rotatable bonds is 1. The third kappa shape index (κ3) is 1.48. The maximum absolute atomic E-state index is 11.7. The van der Waals surface area contributed by atoms with Gasteiger partial charge < -0.3 is 4.74 Å². The van der Waals surface area contributed by atoms with Crippen molar-refractivity contribution in [3.63, 3.8) is 0 Å². The van der Waals surface area contributed by atoms with Gasteiger partial charge in [-0.3, -0.25) is 4.79 Å². The average molecular weight is 289 g/mol. The number of aliphatic imine (C=N–C) groups is 1. The van der Waals surface area contributed by atoms with Crippen molar-refractivity contribution < 1.29 is 9.53 Å². The number of ether oxygens (including phenoxy) is 1. The van der Waals surface area contributed by atoms with Crippen molar-refractivity contribution in [3.8, 4) is 5.75 Å². The predicted octanol–water partition coefficient (Wildman–Crippen LogP) is 3.23. The third-order valence-electron chi connectivity index (χ3n) is 2.31. The van der Waals surface area contributed by atoms with Crippen molar-refractivity contribution in [1.82, 2.24) is 0 Å². The molecule has 3 nitrogen and oxygen atoms in total. The van der Waals surface area contributed by atoms with Crippen LogP contribution in [0.15, 0.2) is 15.5 Å². The van der Waals surface area contributed by atoms with Crippen LogP contribution in [-0.4, -0.2) is 18.1 Å². The first-order valence-electron chi connectivity index (χ1n) is 4.22. The number of halogens is 2. The maximum atomic E-state index is 11.7. The number of Topliss-reactive ketones (excluding diaryl/α,β-unsaturated/α-hetero) is 1. The molecule has 1 aliphatic heterocycles. The average Bonchev–Trinajstić information content (AvgIpc) is 2.50. The Bertz CT molecular complexity index is 497. The molecule has 2 rings (SSSR count). The minimum Gasteiger partial charge on any atom is -0.494 e. The molecule has 0 N–H and O–H groups in total. The van der Waals surface area contributed by atoms with Crippen LogP contribution in [0.3, 0.4) is 0 Å². The summed E-state index contributed by atoms with van der Waals surface area (Å²) in [6, 6.07) is 1.78. The minimum absolute atomic E-state index is 0.00972. The van der Waals surface area contributed by atoms with Crippen LogP contribution in [0.5, 0.6) is 5.75 Å². The zero-order valence-electron chi connectivity index (χ0n) is 8.10. The largest absolute Gasteiger partial charge is 0.494 e. The van der Waals surface area contributed by atoms with Gasteiger partial charge in [0.2, 0.25) is 5.78 Å². The number of hydrogen-bond acceptors (Lipinski definition) is 3. The van der Waals surface area contributed by atoms with Crippen LogP contribution >= 0.6 is 27.5 Å². The first kappa shape index (κ1) is 10.6. The van der Waals surface area contributed by atoms with Gasteiger partial charge in [-0.15, -0.1) is 0 Å². The number of fused-ring (bicyclic) bond motifs is 1. The maximum Gasteiger partial charge on any atom is 0.225 e. The summed E-state index contributed by atoms with van der Waals surface area (Å²) < 4.78 is 5.95. The number of benzene rings is 1. The van der Waals surface area contributed by atoms with Crippen molar-refractivity contribution in [2.75, 3.05) is 7.11 Å². The molecule has 1 heterocycles. The lowest BCUT2D eigenvalue weighted by molar-refractivity contribution is 0.107. The van der Waals surface area contributed by atoms with Crippen LogP contribution < -0.4 is 4.74 Å². The molecule has 1 aliphatic rings. The SMILES string of the molecule is COc1cc(Br)c(C)c2c1N=C(Cl)C2=O. The Hall–Kier alpha value is -0.870. The highest BCUT2D eigenvalue weighted by atomic mass is 79.9. The third-order valence-corrected chi connectivity index (χ3v) is 3.39. The number of carbonyl (C=O) groups excluding carboxylic acids is 1. The summed E-state index contributed by atoms with van der Waals surface area (Å²) in [7, 11) is 1.53. The number of methoxy groups -OCH3 is 1. The smallest absolute Gasteiger partial charge is 0.225 e. The standard InChI is InChI=1S/C10H7BrClNO2/c1-4-5(11)3-6(15-2)8-7(4)9(14)10(12)13-8/h3H,1-2H3. The molecule has 0 aromatic heterocycles. The Morgan fingerprint density at radius 1 is 1.53 bits per heavy atom. The van der Waals surface area contributed by atoms with Gasteiger partial charge in [0.05, 0.1) is 12.7 Å². The summed E-state index contributed by atoms with van der Waals surface area (Å²) in [6.45, 7) is 1.84. The van der Waals surface area contributed by atoms with Crippen LogP contribution in [0, 0.1) is 6.92 Å². The first-order chi connectivity index (χ1) is 7.06. The molecule has 0 atom stereocenters. The second kappa shape index (κ2) is 3.61. The van der Waals surface area contributed by atoms with E-state index >= 15 is 0 Å². The molecular formula is C10H7BrClNO2. The van der Waals surface area contributed by atoms with Crippen LogP contribution in [-0.2, 0) is 0 Å². The predicted molar refractivity (Wildman–Crippen MR) is 62.7 cm³/mol. The minimum atomic E-state index is -0.247. The molecule has 0 saturated heterocycles. The Morgan fingerprint density at radius 3 is 2.80 bits per heavy atom. The van der Waals surface area contributed by atoms with Crippen molar-refractivity contribution in [2.24, 2.45) is 4.99 Å². The van der Waals surface area contributed by atoms with Gasteiger partial charge in [-0.05, 0) is 18.6 Å². The van der Waals surface area contributed by atoms with E-state index in [1.807, 2.05) is 6.92 Å². The molecular weight excluding hydrogens is 281 g/mol. The lowest BCUT2D eigenvalue weighted by Crippen LogP contribution is -2.04. The molecule has 0 aliphatic carbocycles. The molecule has 0 saturated carbocycles. The zero-order chi connectivity index (χ0) is 11.2. The normalized spacial score (nSPS) is 13.9. The molecule has 0 bridgehead atoms. The molecule has 1 aromatic carbocycles. The van der Waals surface area contributed by atoms with E-state index in [2.05, 4.69) is 20.9 Å². The molecule has 78 valence electrons. The summed E-state index contributed by atoms with van der Waals surface area (Å²) in [5.74, 6) is 0.301. The van der Waals surface area contributed by atoms with Crippen LogP contribution in [0.4, 0.5) is 5.69 Å². The second-order valence-electron chi connectivity index (χ2n) is 3.14. The molecule has 0 fully saturated rings. The van der Waals surface area contributed by atoms with Gasteiger partial charge in [0.1, 0.15) is 11.4 Å². The van der Waals surface area contributed by atoms with E-state index in [9.17, 15) is 4.79 Å². The number of nitrogens with zero attached hydrogens (tertiary/aromatic N) is 1. The summed E-state index contributed by atoms with van der Waals surface area (Å²) >= 11 is 9.07. The molecule has 0 radical (unpaired) electrons. The Kier molecular flexibility index (Phi) is 2.56. The molecule has 1 aromatic rings. The van der Waals surface area contributed by atoms with E-state index in [-0.39, 0.29) is 11.0 Å². The zero-order valence-corrected chi connectivity index (χ0v) is 10.4. The van der Waals surface area contributed by atoms with Gasteiger partial charge in [-0.1, -0.05) is 27.5 Å². The summed E-state index contributed by atoms with van der Waals surface area (Å²) in [6.07, 6.45) is 0. The monoisotopic (exact) mass is 287 g/mol. The molecule has 0 unspecified atom stereocenters. The van der Waals surface area contributed by atoms with Crippen LogP contribution in [0.2, 0.25) is 0 Å². The van der Waals surface area contributed by atoms with Gasteiger partial charge in [0.15, 0.2) is 5.17 Å². The topological polar surface area (TPSA) is 38.7 Å². The fraction of sp³-hybridized carbons (Fsp3) is 0.200. The van der Waals surface area contributed by atoms with Gasteiger partial charge >= 0.3 is 0 Å². The van der Waals surface area contributed by atoms with Crippen molar-refractivity contribution >= 4 is 44.2 Å². The highest BCUT2D eigenvalue weighted by Crippen LogP contribution is 2.42. The van der Waals surface area contributed by atoms with Gasteiger partial charge in [-0.2, -0.15) is 0 Å². The Morgan fingerprint density at radius 2 is 2.20 bits per heavy atom. The Labute approximate surface area is 100 Å². The van der Waals surface area contributed by atoms with Gasteiger partial charge in [0, 0.05) is 4.47 Å². The van der Waals surface area contributed by atoms with Crippen LogP contribution in [0.25, 0.3) is 0 Å². The number of ketones is 1. The summed E-state index contributed by atoms with van der Waals surface area (Å²) in [4.78, 5) is 15.7. The van der Waals surface area contributed by atoms with E-state index in [0.29, 0.717) is 17.0 Å². The fourth-order valence-electron chi connectivity index (χ4n) is 1.51. The quantitative estimate of drug-likeness (QED) is 0.796. The van der Waals surface area contributed by atoms with Crippen molar-refractivity contribution in [3.05, 3.63) is 21.7 Å². The molecule has 0 amide bonds. The van der Waals surface area contributed by atoms with Gasteiger partial charge in [0.25, 0.3) is 0 Å². The highest BCUT2D eigenvalue weighted by Gasteiger charge is 2.29. The summed E-state index contributed by atoms with van der Waals surface area (Å²) in [5.41, 5.74) is 1.87. The molecule has 0 spiro atoms.